The highest BCUT2D eigenvalue weighted by molar-refractivity contribution is 5.40. The molecule has 0 aromatic carbocycles. The maximum absolute atomic E-state index is 9.85. The Balaban J connectivity index is 2.51. The van der Waals surface area contributed by atoms with E-state index in [1.165, 1.54) is 0 Å². The Kier molecular flexibility index (Phi) is 2.62. The number of rotatable bonds is 2. The Morgan fingerprint density at radius 2 is 2.27 bits per heavy atom. The van der Waals surface area contributed by atoms with Crippen molar-refractivity contribution in [3.8, 4) is 0 Å². The smallest absolute Gasteiger partial charge is 0.298 e. The third-order valence-corrected chi connectivity index (χ3v) is 1.64. The maximum Gasteiger partial charge on any atom is 0.298 e. The molecular formula is C7H10O4. The van der Waals surface area contributed by atoms with Crippen molar-refractivity contribution in [3.63, 3.8) is 0 Å². The van der Waals surface area contributed by atoms with Crippen LogP contribution in [-0.4, -0.2) is 28.9 Å². The number of hydrogen-bond acceptors (Lipinski definition) is 4. The van der Waals surface area contributed by atoms with Gasteiger partial charge in [-0.2, -0.15) is 0 Å². The zero-order chi connectivity index (χ0) is 8.27. The van der Waals surface area contributed by atoms with Gasteiger partial charge < -0.3 is 14.9 Å². The summed E-state index contributed by atoms with van der Waals surface area (Å²) in [6.45, 7) is 0.316. The van der Waals surface area contributed by atoms with Gasteiger partial charge in [0.2, 0.25) is 0 Å². The number of aliphatic hydroxyl groups is 2. The van der Waals surface area contributed by atoms with Crippen molar-refractivity contribution in [3.05, 3.63) is 11.8 Å². The lowest BCUT2D eigenvalue weighted by atomic mass is 10.0. The molecule has 2 unspecified atom stereocenters. The fourth-order valence-electron chi connectivity index (χ4n) is 0.993. The molecule has 0 aromatic rings. The molecule has 11 heavy (non-hydrogen) atoms. The Labute approximate surface area is 64.1 Å². The van der Waals surface area contributed by atoms with Crippen molar-refractivity contribution in [2.75, 3.05) is 0 Å². The van der Waals surface area contributed by atoms with Crippen molar-refractivity contribution in [1.82, 2.24) is 0 Å². The number of aliphatic hydroxyl groups excluding tert-OH is 2. The van der Waals surface area contributed by atoms with Crippen LogP contribution in [0.4, 0.5) is 0 Å². The Bertz CT molecular complexity index is 175. The van der Waals surface area contributed by atoms with Gasteiger partial charge in [0.1, 0.15) is 5.76 Å². The first-order valence-electron chi connectivity index (χ1n) is 3.39. The van der Waals surface area contributed by atoms with Crippen LogP contribution in [0.1, 0.15) is 12.8 Å². The van der Waals surface area contributed by atoms with Crippen LogP contribution in [0.15, 0.2) is 11.8 Å². The van der Waals surface area contributed by atoms with Gasteiger partial charge in [0.25, 0.3) is 6.47 Å². The third-order valence-electron chi connectivity index (χ3n) is 1.64. The van der Waals surface area contributed by atoms with E-state index in [1.807, 2.05) is 0 Å². The van der Waals surface area contributed by atoms with Crippen LogP contribution in [0, 0.1) is 0 Å². The molecule has 1 rings (SSSR count). The van der Waals surface area contributed by atoms with Crippen molar-refractivity contribution >= 4 is 6.47 Å². The van der Waals surface area contributed by atoms with Crippen molar-refractivity contribution in [2.45, 2.75) is 25.0 Å². The number of ether oxygens (including phenoxy) is 1. The van der Waals surface area contributed by atoms with Gasteiger partial charge in [-0.15, -0.1) is 0 Å². The molecule has 0 heterocycles. The summed E-state index contributed by atoms with van der Waals surface area (Å²) in [5.74, 6) is 0.429. The quantitative estimate of drug-likeness (QED) is 0.534. The SMILES string of the molecule is O=COC1=CCC(O)C(O)C1. The molecule has 0 radical (unpaired) electrons. The molecule has 4 nitrogen and oxygen atoms in total. The van der Waals surface area contributed by atoms with Gasteiger partial charge in [0.05, 0.1) is 12.2 Å². The van der Waals surface area contributed by atoms with Crippen molar-refractivity contribution in [2.24, 2.45) is 0 Å². The van der Waals surface area contributed by atoms with Gasteiger partial charge in [0, 0.05) is 6.42 Å². The molecule has 0 spiro atoms. The summed E-state index contributed by atoms with van der Waals surface area (Å²) >= 11 is 0. The van der Waals surface area contributed by atoms with Gasteiger partial charge >= 0.3 is 0 Å². The number of carbonyl (C=O) groups is 1. The molecule has 2 atom stereocenters. The van der Waals surface area contributed by atoms with Gasteiger partial charge in [-0.1, -0.05) is 0 Å². The molecule has 0 aliphatic heterocycles. The molecule has 0 saturated carbocycles. The van der Waals surface area contributed by atoms with Gasteiger partial charge in [0.15, 0.2) is 0 Å². The normalized spacial score (nSPS) is 30.9. The third kappa shape index (κ3) is 2.03. The predicted octanol–water partition coefficient (Wildman–Crippen LogP) is -0.441. The van der Waals surface area contributed by atoms with Crippen LogP contribution >= 0.6 is 0 Å². The van der Waals surface area contributed by atoms with E-state index < -0.39 is 12.2 Å². The highest BCUT2D eigenvalue weighted by Crippen LogP contribution is 2.18. The van der Waals surface area contributed by atoms with E-state index in [-0.39, 0.29) is 6.42 Å². The van der Waals surface area contributed by atoms with Gasteiger partial charge in [-0.05, 0) is 12.5 Å². The van der Waals surface area contributed by atoms with Gasteiger partial charge in [-0.3, -0.25) is 4.79 Å². The molecule has 1 aliphatic rings. The van der Waals surface area contributed by atoms with Gasteiger partial charge in [-0.25, -0.2) is 0 Å². The summed E-state index contributed by atoms with van der Waals surface area (Å²) in [6.07, 6.45) is 0.611. The first-order chi connectivity index (χ1) is 5.24. The van der Waals surface area contributed by atoms with Crippen molar-refractivity contribution < 1.29 is 19.7 Å². The fraction of sp³-hybridized carbons (Fsp3) is 0.571. The molecule has 0 bridgehead atoms. The first kappa shape index (κ1) is 8.23. The average molecular weight is 158 g/mol. The van der Waals surface area contributed by atoms with E-state index in [0.29, 0.717) is 18.7 Å². The van der Waals surface area contributed by atoms with E-state index in [1.54, 1.807) is 6.08 Å². The molecule has 0 fully saturated rings. The molecule has 4 heteroatoms. The minimum Gasteiger partial charge on any atom is -0.434 e. The largest absolute Gasteiger partial charge is 0.434 e. The lowest BCUT2D eigenvalue weighted by molar-refractivity contribution is -0.126. The zero-order valence-corrected chi connectivity index (χ0v) is 5.93. The Hall–Kier alpha value is -0.870. The minimum atomic E-state index is -0.810. The lowest BCUT2D eigenvalue weighted by Gasteiger charge is -2.21. The number of hydrogen-bond donors (Lipinski definition) is 2. The molecule has 0 aromatic heterocycles. The second-order valence-electron chi connectivity index (χ2n) is 2.46. The highest BCUT2D eigenvalue weighted by Gasteiger charge is 2.22. The summed E-state index contributed by atoms with van der Waals surface area (Å²) in [4.78, 5) is 9.85. The van der Waals surface area contributed by atoms with E-state index in [4.69, 9.17) is 10.2 Å². The molecule has 0 amide bonds. The fourth-order valence-corrected chi connectivity index (χ4v) is 0.993. The van der Waals surface area contributed by atoms with Crippen LogP contribution in [-0.2, 0) is 9.53 Å². The van der Waals surface area contributed by atoms with Crippen molar-refractivity contribution in [1.29, 1.82) is 0 Å². The topological polar surface area (TPSA) is 66.8 Å². The molecule has 0 saturated heterocycles. The second kappa shape index (κ2) is 3.50. The van der Waals surface area contributed by atoms with Crippen LogP contribution in [0.25, 0.3) is 0 Å². The van der Waals surface area contributed by atoms with Crippen LogP contribution in [0.2, 0.25) is 0 Å². The molecule has 2 N–H and O–H groups in total. The zero-order valence-electron chi connectivity index (χ0n) is 5.93. The molecule has 62 valence electrons. The average Bonchev–Trinajstić information content (AvgIpc) is 1.98. The minimum absolute atomic E-state index is 0.208. The van der Waals surface area contributed by atoms with E-state index in [9.17, 15) is 4.79 Å². The summed E-state index contributed by atoms with van der Waals surface area (Å²) < 4.78 is 4.51. The predicted molar refractivity (Wildman–Crippen MR) is 36.5 cm³/mol. The monoisotopic (exact) mass is 158 g/mol. The second-order valence-corrected chi connectivity index (χ2v) is 2.46. The van der Waals surface area contributed by atoms with E-state index in [0.717, 1.165) is 0 Å². The summed E-state index contributed by atoms with van der Waals surface area (Å²) in [5, 5.41) is 18.1. The standard InChI is InChI=1S/C7H10O4/c8-4-11-5-1-2-6(9)7(10)3-5/h1,4,6-7,9-10H,2-3H2. The summed E-state index contributed by atoms with van der Waals surface area (Å²) in [5.41, 5.74) is 0. The first-order valence-corrected chi connectivity index (χ1v) is 3.39. The molecule has 1 aliphatic carbocycles. The lowest BCUT2D eigenvalue weighted by Crippen LogP contribution is -2.29. The van der Waals surface area contributed by atoms with E-state index >= 15 is 0 Å². The van der Waals surface area contributed by atoms with Crippen LogP contribution < -0.4 is 0 Å². The van der Waals surface area contributed by atoms with Crippen LogP contribution in [0.5, 0.6) is 0 Å². The summed E-state index contributed by atoms with van der Waals surface area (Å²) in [7, 11) is 0. The number of carbonyl (C=O) groups excluding carboxylic acids is 1. The highest BCUT2D eigenvalue weighted by atomic mass is 16.5. The summed E-state index contributed by atoms with van der Waals surface area (Å²) in [6, 6.07) is 0. The maximum atomic E-state index is 9.85. The van der Waals surface area contributed by atoms with Crippen LogP contribution in [0.3, 0.4) is 0 Å². The van der Waals surface area contributed by atoms with E-state index in [2.05, 4.69) is 4.74 Å². The Morgan fingerprint density at radius 3 is 2.82 bits per heavy atom. The molecular weight excluding hydrogens is 148 g/mol. The Morgan fingerprint density at radius 1 is 1.55 bits per heavy atom.